The molecule has 4 rings (SSSR count). The molecule has 0 saturated heterocycles. The Bertz CT molecular complexity index is 962. The van der Waals surface area contributed by atoms with Crippen molar-refractivity contribution >= 4 is 0 Å². The molecule has 1 aliphatic heterocycles. The van der Waals surface area contributed by atoms with E-state index in [1.807, 2.05) is 6.07 Å². The number of hydrogen-bond acceptors (Lipinski definition) is 5. The fourth-order valence-corrected chi connectivity index (χ4v) is 5.57. The summed E-state index contributed by atoms with van der Waals surface area (Å²) in [5, 5.41) is 23.2. The molecule has 32 heavy (non-hydrogen) atoms. The lowest BCUT2D eigenvalue weighted by molar-refractivity contribution is 0.00700. The van der Waals surface area contributed by atoms with Crippen LogP contribution in [0.15, 0.2) is 30.1 Å². The summed E-state index contributed by atoms with van der Waals surface area (Å²) >= 11 is 0. The summed E-state index contributed by atoms with van der Waals surface area (Å²) in [4.78, 5) is 1.63. The lowest BCUT2D eigenvalue weighted by Crippen LogP contribution is -2.45. The highest BCUT2D eigenvalue weighted by molar-refractivity contribution is 5.54. The molecule has 2 aliphatic rings. The first kappa shape index (κ1) is 22.8. The molecule has 1 aromatic carbocycles. The number of phenols is 1. The fraction of sp³-hybridized carbons (Fsp3) is 0.654. The third-order valence-electron chi connectivity index (χ3n) is 7.56. The van der Waals surface area contributed by atoms with E-state index in [0.717, 1.165) is 36.1 Å². The summed E-state index contributed by atoms with van der Waals surface area (Å²) in [5.41, 5.74) is 3.13. The molecule has 6 heteroatoms. The largest absolute Gasteiger partial charge is 0.508 e. The molecule has 0 fully saturated rings. The second-order valence-electron chi connectivity index (χ2n) is 10.8. The molecule has 1 unspecified atom stereocenters. The standard InChI is InChI=1S/C26H38N4O2/c1-6-7-8-9-12-25(2,3)19-14-22(31)24-20-13-18(16-30-28-17-27-29-30)10-11-21(20)26(4,5)32-23(24)15-19/h10,14-15,17,20-21,31H,6-9,11-13,16H2,1-5H3/t20?,21-/m0/s1. The Hall–Kier alpha value is -2.37. The smallest absolute Gasteiger partial charge is 0.162 e. The first-order chi connectivity index (χ1) is 15.2. The van der Waals surface area contributed by atoms with Crippen molar-refractivity contribution in [1.29, 1.82) is 0 Å². The number of unbranched alkanes of at least 4 members (excludes halogenated alkanes) is 3. The van der Waals surface area contributed by atoms with Gasteiger partial charge in [0.1, 0.15) is 17.1 Å². The second-order valence-corrected chi connectivity index (χ2v) is 10.8. The van der Waals surface area contributed by atoms with E-state index in [-0.39, 0.29) is 16.9 Å². The van der Waals surface area contributed by atoms with Gasteiger partial charge in [-0.3, -0.25) is 0 Å². The zero-order valence-corrected chi connectivity index (χ0v) is 20.3. The number of aromatic nitrogens is 4. The quantitative estimate of drug-likeness (QED) is 0.409. The third-order valence-corrected chi connectivity index (χ3v) is 7.56. The van der Waals surface area contributed by atoms with E-state index in [9.17, 15) is 5.11 Å². The van der Waals surface area contributed by atoms with Crippen LogP contribution in [0.4, 0.5) is 0 Å². The molecular weight excluding hydrogens is 400 g/mol. The summed E-state index contributed by atoms with van der Waals surface area (Å²) in [6.07, 6.45) is 11.7. The SMILES string of the molecule is CCCCCCC(C)(C)c1cc(O)c2c(c1)OC(C)(C)[C@H]1CC=C(Cn3ncnn3)CC21. The van der Waals surface area contributed by atoms with Crippen LogP contribution in [0.2, 0.25) is 0 Å². The monoisotopic (exact) mass is 438 g/mol. The molecule has 2 atom stereocenters. The van der Waals surface area contributed by atoms with Crippen molar-refractivity contribution in [3.8, 4) is 11.5 Å². The molecule has 0 spiro atoms. The van der Waals surface area contributed by atoms with Crippen LogP contribution < -0.4 is 4.74 Å². The van der Waals surface area contributed by atoms with Gasteiger partial charge in [-0.05, 0) is 61.4 Å². The van der Waals surface area contributed by atoms with Crippen LogP contribution in [0.3, 0.4) is 0 Å². The van der Waals surface area contributed by atoms with Gasteiger partial charge in [0.2, 0.25) is 0 Å². The Labute approximate surface area is 192 Å². The van der Waals surface area contributed by atoms with Crippen molar-refractivity contribution in [1.82, 2.24) is 20.2 Å². The summed E-state index contributed by atoms with van der Waals surface area (Å²) < 4.78 is 6.56. The Morgan fingerprint density at radius 2 is 2.03 bits per heavy atom. The van der Waals surface area contributed by atoms with Crippen molar-refractivity contribution in [3.63, 3.8) is 0 Å². The predicted molar refractivity (Wildman–Crippen MR) is 126 cm³/mol. The van der Waals surface area contributed by atoms with E-state index in [2.05, 4.69) is 62.2 Å². The molecule has 1 aromatic heterocycles. The van der Waals surface area contributed by atoms with Crippen LogP contribution in [0.5, 0.6) is 11.5 Å². The third kappa shape index (κ3) is 4.55. The van der Waals surface area contributed by atoms with Gasteiger partial charge in [0.15, 0.2) is 6.33 Å². The minimum atomic E-state index is -0.290. The number of phenolic OH excluding ortho intramolecular Hbond substituents is 1. The normalized spacial score (nSPS) is 22.0. The predicted octanol–water partition coefficient (Wildman–Crippen LogP) is 5.92. The summed E-state index contributed by atoms with van der Waals surface area (Å²) in [7, 11) is 0. The van der Waals surface area contributed by atoms with Crippen LogP contribution in [0, 0.1) is 5.92 Å². The number of aromatic hydroxyl groups is 1. The fourth-order valence-electron chi connectivity index (χ4n) is 5.57. The van der Waals surface area contributed by atoms with Crippen LogP contribution in [0.25, 0.3) is 0 Å². The van der Waals surface area contributed by atoms with Crippen LogP contribution in [-0.2, 0) is 12.0 Å². The zero-order chi connectivity index (χ0) is 22.9. The zero-order valence-electron chi connectivity index (χ0n) is 20.3. The van der Waals surface area contributed by atoms with Gasteiger partial charge in [0, 0.05) is 17.4 Å². The number of benzene rings is 1. The summed E-state index contributed by atoms with van der Waals surface area (Å²) in [6, 6.07) is 4.19. The van der Waals surface area contributed by atoms with Gasteiger partial charge in [0.25, 0.3) is 0 Å². The molecule has 0 saturated carbocycles. The lowest BCUT2D eigenvalue weighted by Gasteiger charge is -2.47. The van der Waals surface area contributed by atoms with E-state index < -0.39 is 0 Å². The van der Waals surface area contributed by atoms with E-state index in [0.29, 0.717) is 18.2 Å². The van der Waals surface area contributed by atoms with E-state index >= 15 is 0 Å². The maximum absolute atomic E-state index is 11.2. The van der Waals surface area contributed by atoms with Gasteiger partial charge in [-0.1, -0.05) is 58.1 Å². The molecule has 2 heterocycles. The highest BCUT2D eigenvalue weighted by Crippen LogP contribution is 2.55. The second kappa shape index (κ2) is 8.87. The average molecular weight is 439 g/mol. The van der Waals surface area contributed by atoms with Crippen molar-refractivity contribution in [2.24, 2.45) is 5.92 Å². The average Bonchev–Trinajstić information content (AvgIpc) is 3.23. The Kier molecular flexibility index (Phi) is 6.33. The van der Waals surface area contributed by atoms with Gasteiger partial charge in [-0.2, -0.15) is 4.80 Å². The molecule has 6 nitrogen and oxygen atoms in total. The van der Waals surface area contributed by atoms with E-state index in [4.69, 9.17) is 4.74 Å². The van der Waals surface area contributed by atoms with Gasteiger partial charge < -0.3 is 9.84 Å². The maximum atomic E-state index is 11.2. The molecule has 174 valence electrons. The van der Waals surface area contributed by atoms with Gasteiger partial charge in [-0.25, -0.2) is 0 Å². The molecular formula is C26H38N4O2. The molecule has 0 amide bonds. The lowest BCUT2D eigenvalue weighted by atomic mass is 9.66. The maximum Gasteiger partial charge on any atom is 0.162 e. The highest BCUT2D eigenvalue weighted by Gasteiger charge is 2.46. The topological polar surface area (TPSA) is 73.1 Å². The van der Waals surface area contributed by atoms with Crippen LogP contribution >= 0.6 is 0 Å². The highest BCUT2D eigenvalue weighted by atomic mass is 16.5. The minimum absolute atomic E-state index is 0.000984. The number of allylic oxidation sites excluding steroid dienone is 2. The number of hydrogen-bond donors (Lipinski definition) is 1. The molecule has 2 aromatic rings. The Morgan fingerprint density at radius 1 is 1.22 bits per heavy atom. The number of rotatable bonds is 8. The number of nitrogens with zero attached hydrogens (tertiary/aromatic N) is 4. The molecule has 1 aliphatic carbocycles. The van der Waals surface area contributed by atoms with Crippen LogP contribution in [-0.4, -0.2) is 30.9 Å². The Balaban J connectivity index is 1.62. The minimum Gasteiger partial charge on any atom is -0.508 e. The molecule has 0 radical (unpaired) electrons. The summed E-state index contributed by atoms with van der Waals surface area (Å²) in [5.74, 6) is 1.78. The summed E-state index contributed by atoms with van der Waals surface area (Å²) in [6.45, 7) is 11.8. The first-order valence-electron chi connectivity index (χ1n) is 12.2. The number of tetrazole rings is 1. The van der Waals surface area contributed by atoms with Crippen molar-refractivity contribution in [2.45, 2.75) is 103 Å². The van der Waals surface area contributed by atoms with Crippen LogP contribution in [0.1, 0.15) is 96.6 Å². The number of ether oxygens (including phenoxy) is 1. The molecule has 1 N–H and O–H groups in total. The Morgan fingerprint density at radius 3 is 2.75 bits per heavy atom. The van der Waals surface area contributed by atoms with E-state index in [1.165, 1.54) is 37.6 Å². The van der Waals surface area contributed by atoms with Crippen molar-refractivity contribution in [3.05, 3.63) is 41.2 Å². The number of fused-ring (bicyclic) bond motifs is 3. The van der Waals surface area contributed by atoms with Crippen molar-refractivity contribution < 1.29 is 9.84 Å². The van der Waals surface area contributed by atoms with E-state index in [1.54, 1.807) is 4.80 Å². The molecule has 0 bridgehead atoms. The van der Waals surface area contributed by atoms with Gasteiger partial charge >= 0.3 is 0 Å². The van der Waals surface area contributed by atoms with Gasteiger partial charge in [-0.15, -0.1) is 10.2 Å². The van der Waals surface area contributed by atoms with Gasteiger partial charge in [0.05, 0.1) is 6.54 Å². The first-order valence-corrected chi connectivity index (χ1v) is 12.2. The van der Waals surface area contributed by atoms with Crippen molar-refractivity contribution in [2.75, 3.05) is 0 Å².